The Morgan fingerprint density at radius 3 is 2.58 bits per heavy atom. The topological polar surface area (TPSA) is 71.7 Å². The molecule has 0 saturated carbocycles. The summed E-state index contributed by atoms with van der Waals surface area (Å²) in [5.41, 5.74) is 1.83. The predicted octanol–water partition coefficient (Wildman–Crippen LogP) is 2.98. The summed E-state index contributed by atoms with van der Waals surface area (Å²) in [5, 5.41) is 9.08. The van der Waals surface area contributed by atoms with Crippen LogP contribution < -0.4 is 4.80 Å². The lowest BCUT2D eigenvalue weighted by Gasteiger charge is -2.01. The molecule has 2 aromatic carbocycles. The second-order valence-electron chi connectivity index (χ2n) is 5.26. The van der Waals surface area contributed by atoms with Crippen LogP contribution in [0.4, 0.5) is 4.39 Å². The summed E-state index contributed by atoms with van der Waals surface area (Å²) in [6.45, 7) is 1.51. The maximum atomic E-state index is 13.5. The van der Waals surface area contributed by atoms with Gasteiger partial charge in [-0.25, -0.2) is 4.39 Å². The maximum Gasteiger partial charge on any atom is 0.323 e. The molecule has 0 saturated heterocycles. The third-order valence-electron chi connectivity index (χ3n) is 3.43. The second-order valence-corrected chi connectivity index (χ2v) is 6.27. The largest absolute Gasteiger partial charge is 0.480 e. The van der Waals surface area contributed by atoms with Crippen molar-refractivity contribution in [3.05, 3.63) is 64.2 Å². The number of benzene rings is 2. The van der Waals surface area contributed by atoms with Crippen LogP contribution in [-0.2, 0) is 11.3 Å². The van der Waals surface area contributed by atoms with Crippen molar-refractivity contribution in [2.75, 3.05) is 0 Å². The highest BCUT2D eigenvalue weighted by Crippen LogP contribution is 2.18. The van der Waals surface area contributed by atoms with Gasteiger partial charge in [-0.15, -0.1) is 0 Å². The summed E-state index contributed by atoms with van der Waals surface area (Å²) in [7, 11) is 0. The molecule has 0 aliphatic carbocycles. The number of carboxylic acids is 1. The molecule has 1 heterocycles. The minimum atomic E-state index is -1.09. The van der Waals surface area contributed by atoms with Crippen LogP contribution >= 0.6 is 11.3 Å². The summed E-state index contributed by atoms with van der Waals surface area (Å²) >= 11 is 1.15. The van der Waals surface area contributed by atoms with Crippen molar-refractivity contribution in [2.24, 2.45) is 4.99 Å². The molecule has 1 N–H and O–H groups in total. The monoisotopic (exact) mass is 344 g/mol. The fraction of sp³-hybridized carbons (Fsp3) is 0.118. The smallest absolute Gasteiger partial charge is 0.323 e. The summed E-state index contributed by atoms with van der Waals surface area (Å²) in [5.74, 6) is -2.04. The Kier molecular flexibility index (Phi) is 4.26. The molecule has 0 bridgehead atoms. The first kappa shape index (κ1) is 16.1. The molecule has 0 aliphatic heterocycles. The number of hydrogen-bond donors (Lipinski definition) is 1. The van der Waals surface area contributed by atoms with E-state index in [1.165, 1.54) is 16.7 Å². The highest BCUT2D eigenvalue weighted by Gasteiger charge is 2.12. The number of nitrogens with zero attached hydrogens (tertiary/aromatic N) is 2. The van der Waals surface area contributed by atoms with Crippen molar-refractivity contribution in [3.8, 4) is 0 Å². The van der Waals surface area contributed by atoms with E-state index >= 15 is 0 Å². The van der Waals surface area contributed by atoms with Crippen molar-refractivity contribution in [3.63, 3.8) is 0 Å². The fourth-order valence-corrected chi connectivity index (χ4v) is 3.27. The maximum absolute atomic E-state index is 13.5. The zero-order valence-corrected chi connectivity index (χ0v) is 13.5. The molecule has 5 nitrogen and oxygen atoms in total. The number of carbonyl (C=O) groups is 2. The zero-order valence-electron chi connectivity index (χ0n) is 12.7. The molecule has 0 aliphatic rings. The molecule has 0 atom stereocenters. The van der Waals surface area contributed by atoms with Gasteiger partial charge in [-0.3, -0.25) is 9.59 Å². The summed E-state index contributed by atoms with van der Waals surface area (Å²) in [6, 6.07) is 11.0. The first-order valence-corrected chi connectivity index (χ1v) is 7.92. The van der Waals surface area contributed by atoms with Crippen LogP contribution in [0.1, 0.15) is 15.9 Å². The number of amides is 1. The Morgan fingerprint density at radius 1 is 1.21 bits per heavy atom. The van der Waals surface area contributed by atoms with E-state index in [1.54, 1.807) is 30.3 Å². The molecule has 0 spiro atoms. The number of aromatic nitrogens is 1. The predicted molar refractivity (Wildman–Crippen MR) is 88.5 cm³/mol. The third kappa shape index (κ3) is 3.26. The normalized spacial score (nSPS) is 11.8. The molecule has 0 radical (unpaired) electrons. The van der Waals surface area contributed by atoms with Crippen LogP contribution in [0.25, 0.3) is 10.2 Å². The van der Waals surface area contributed by atoms with Gasteiger partial charge < -0.3 is 9.67 Å². The number of carboxylic acid groups (broad SMARTS) is 1. The van der Waals surface area contributed by atoms with Gasteiger partial charge in [0.15, 0.2) is 4.80 Å². The molecule has 0 fully saturated rings. The number of halogens is 1. The molecule has 1 amide bonds. The molecule has 7 heteroatoms. The van der Waals surface area contributed by atoms with E-state index in [1.807, 2.05) is 6.92 Å². The molecule has 3 aromatic rings. The number of aryl methyl sites for hydroxylation is 1. The van der Waals surface area contributed by atoms with Crippen LogP contribution in [0, 0.1) is 12.7 Å². The van der Waals surface area contributed by atoms with Gasteiger partial charge >= 0.3 is 5.97 Å². The van der Waals surface area contributed by atoms with Crippen molar-refractivity contribution in [2.45, 2.75) is 13.5 Å². The Balaban J connectivity index is 2.15. The minimum absolute atomic E-state index is 0.226. The van der Waals surface area contributed by atoms with Gasteiger partial charge in [-0.05, 0) is 37.3 Å². The number of fused-ring (bicyclic) bond motifs is 1. The molecule has 24 heavy (non-hydrogen) atoms. The third-order valence-corrected chi connectivity index (χ3v) is 4.49. The molecule has 3 rings (SSSR count). The molecule has 122 valence electrons. The zero-order chi connectivity index (χ0) is 17.3. The average molecular weight is 344 g/mol. The van der Waals surface area contributed by atoms with Gasteiger partial charge in [0.05, 0.1) is 10.2 Å². The quantitative estimate of drug-likeness (QED) is 0.794. The van der Waals surface area contributed by atoms with E-state index in [2.05, 4.69) is 4.99 Å². The standard InChI is InChI=1S/C17H13FN2O3S/c1-10-2-4-11(5-3-10)16(23)19-17-20(9-15(21)22)13-8-12(18)6-7-14(13)24-17/h2-8H,9H2,1H3,(H,21,22). The summed E-state index contributed by atoms with van der Waals surface area (Å²) < 4.78 is 15.5. The lowest BCUT2D eigenvalue weighted by atomic mass is 10.1. The van der Waals surface area contributed by atoms with E-state index in [9.17, 15) is 14.0 Å². The van der Waals surface area contributed by atoms with Crippen molar-refractivity contribution >= 4 is 33.4 Å². The van der Waals surface area contributed by atoms with Crippen LogP contribution in [0.2, 0.25) is 0 Å². The van der Waals surface area contributed by atoms with Gasteiger partial charge in [0, 0.05) is 5.56 Å². The number of thiazole rings is 1. The summed E-state index contributed by atoms with van der Waals surface area (Å²) in [6.07, 6.45) is 0. The second kappa shape index (κ2) is 6.37. The van der Waals surface area contributed by atoms with Gasteiger partial charge in [-0.2, -0.15) is 4.99 Å². The molecular weight excluding hydrogens is 331 g/mol. The highest BCUT2D eigenvalue weighted by atomic mass is 32.1. The van der Waals surface area contributed by atoms with Gasteiger partial charge in [-0.1, -0.05) is 29.0 Å². The van der Waals surface area contributed by atoms with E-state index < -0.39 is 24.2 Å². The number of hydrogen-bond acceptors (Lipinski definition) is 3. The Bertz CT molecular complexity index is 1000. The Morgan fingerprint density at radius 2 is 1.92 bits per heavy atom. The number of carbonyl (C=O) groups excluding carboxylic acids is 1. The summed E-state index contributed by atoms with van der Waals surface area (Å²) in [4.78, 5) is 27.7. The SMILES string of the molecule is Cc1ccc(C(=O)N=c2sc3ccc(F)cc3n2CC(=O)O)cc1. The van der Waals surface area contributed by atoms with E-state index in [0.717, 1.165) is 16.9 Å². The molecular formula is C17H13FN2O3S. The van der Waals surface area contributed by atoms with Gasteiger partial charge in [0.25, 0.3) is 5.91 Å². The van der Waals surface area contributed by atoms with Gasteiger partial charge in [0.1, 0.15) is 12.4 Å². The van der Waals surface area contributed by atoms with Gasteiger partial charge in [0.2, 0.25) is 0 Å². The highest BCUT2D eigenvalue weighted by molar-refractivity contribution is 7.16. The first-order valence-electron chi connectivity index (χ1n) is 7.10. The lowest BCUT2D eigenvalue weighted by molar-refractivity contribution is -0.137. The van der Waals surface area contributed by atoms with E-state index in [-0.39, 0.29) is 4.80 Å². The van der Waals surface area contributed by atoms with E-state index in [0.29, 0.717) is 15.8 Å². The van der Waals surface area contributed by atoms with Crippen LogP contribution in [0.15, 0.2) is 47.5 Å². The first-order chi connectivity index (χ1) is 11.4. The van der Waals surface area contributed by atoms with Crippen LogP contribution in [0.3, 0.4) is 0 Å². The lowest BCUT2D eigenvalue weighted by Crippen LogP contribution is -2.21. The fourth-order valence-electron chi connectivity index (χ4n) is 2.26. The Labute approximate surface area is 140 Å². The Hall–Kier alpha value is -2.80. The van der Waals surface area contributed by atoms with E-state index in [4.69, 9.17) is 5.11 Å². The number of aliphatic carboxylic acids is 1. The molecule has 0 unspecified atom stereocenters. The minimum Gasteiger partial charge on any atom is -0.480 e. The van der Waals surface area contributed by atoms with Crippen molar-refractivity contribution < 1.29 is 19.1 Å². The van der Waals surface area contributed by atoms with Crippen molar-refractivity contribution in [1.29, 1.82) is 0 Å². The number of rotatable bonds is 3. The van der Waals surface area contributed by atoms with Crippen molar-refractivity contribution in [1.82, 2.24) is 4.57 Å². The molecule has 1 aromatic heterocycles. The van der Waals surface area contributed by atoms with Crippen LogP contribution in [-0.4, -0.2) is 21.6 Å². The van der Waals surface area contributed by atoms with Crippen LogP contribution in [0.5, 0.6) is 0 Å². The average Bonchev–Trinajstić information content (AvgIpc) is 2.84.